The van der Waals surface area contributed by atoms with Gasteiger partial charge in [0.25, 0.3) is 0 Å². The summed E-state index contributed by atoms with van der Waals surface area (Å²) >= 11 is 0. The Morgan fingerprint density at radius 3 is 2.52 bits per heavy atom. The van der Waals surface area contributed by atoms with Crippen LogP contribution in [0.15, 0.2) is 24.3 Å². The van der Waals surface area contributed by atoms with Crippen molar-refractivity contribution in [1.29, 1.82) is 0 Å². The van der Waals surface area contributed by atoms with E-state index in [4.69, 9.17) is 5.11 Å². The molecule has 1 atom stereocenters. The standard InChI is InChI=1S/C16H25FN2O2/c1-12(5-4-10-20)19-15(21)18-11-16(2,3)13-6-8-14(17)9-7-13/h6-9,12,20H,4-5,10-11H2,1-3H3,(H2,18,19,21). The molecule has 0 aromatic heterocycles. The number of aliphatic hydroxyl groups is 1. The highest BCUT2D eigenvalue weighted by molar-refractivity contribution is 5.74. The maximum absolute atomic E-state index is 12.9. The molecule has 0 saturated heterocycles. The molecular weight excluding hydrogens is 271 g/mol. The molecule has 0 aliphatic heterocycles. The molecule has 118 valence electrons. The topological polar surface area (TPSA) is 61.4 Å². The molecule has 5 heteroatoms. The molecule has 0 aliphatic rings. The average Bonchev–Trinajstić information content (AvgIpc) is 2.43. The van der Waals surface area contributed by atoms with Crippen molar-refractivity contribution in [2.75, 3.05) is 13.2 Å². The van der Waals surface area contributed by atoms with E-state index in [1.54, 1.807) is 12.1 Å². The molecule has 1 aromatic rings. The molecule has 0 radical (unpaired) electrons. The number of aliphatic hydroxyl groups excluding tert-OH is 1. The summed E-state index contributed by atoms with van der Waals surface area (Å²) in [7, 11) is 0. The summed E-state index contributed by atoms with van der Waals surface area (Å²) in [6.07, 6.45) is 1.41. The second kappa shape index (κ2) is 7.98. The minimum Gasteiger partial charge on any atom is -0.396 e. The van der Waals surface area contributed by atoms with E-state index in [0.29, 0.717) is 13.0 Å². The van der Waals surface area contributed by atoms with Gasteiger partial charge in [0.05, 0.1) is 0 Å². The molecule has 2 amide bonds. The highest BCUT2D eigenvalue weighted by atomic mass is 19.1. The molecule has 0 bridgehead atoms. The fraction of sp³-hybridized carbons (Fsp3) is 0.562. The van der Waals surface area contributed by atoms with Crippen molar-refractivity contribution in [2.45, 2.75) is 45.1 Å². The van der Waals surface area contributed by atoms with Crippen LogP contribution in [0, 0.1) is 5.82 Å². The number of hydrogen-bond donors (Lipinski definition) is 3. The molecule has 0 spiro atoms. The SMILES string of the molecule is CC(CCCO)NC(=O)NCC(C)(C)c1ccc(F)cc1. The Bertz CT molecular complexity index is 446. The van der Waals surface area contributed by atoms with Crippen LogP contribution in [-0.2, 0) is 5.41 Å². The average molecular weight is 296 g/mol. The normalized spacial score (nSPS) is 12.8. The number of halogens is 1. The summed E-state index contributed by atoms with van der Waals surface area (Å²) < 4.78 is 12.9. The van der Waals surface area contributed by atoms with Crippen molar-refractivity contribution in [2.24, 2.45) is 0 Å². The third kappa shape index (κ3) is 6.12. The zero-order valence-electron chi connectivity index (χ0n) is 12.9. The zero-order chi connectivity index (χ0) is 15.9. The Morgan fingerprint density at radius 1 is 1.33 bits per heavy atom. The lowest BCUT2D eigenvalue weighted by Gasteiger charge is -2.26. The third-order valence-electron chi connectivity index (χ3n) is 3.49. The van der Waals surface area contributed by atoms with Crippen LogP contribution < -0.4 is 10.6 Å². The van der Waals surface area contributed by atoms with Gasteiger partial charge in [0, 0.05) is 24.6 Å². The van der Waals surface area contributed by atoms with Gasteiger partial charge >= 0.3 is 6.03 Å². The van der Waals surface area contributed by atoms with Crippen molar-refractivity contribution in [3.05, 3.63) is 35.6 Å². The molecule has 0 fully saturated rings. The Labute approximate surface area is 125 Å². The fourth-order valence-electron chi connectivity index (χ4n) is 2.05. The van der Waals surface area contributed by atoms with Gasteiger partial charge in [-0.15, -0.1) is 0 Å². The van der Waals surface area contributed by atoms with E-state index in [-0.39, 0.29) is 29.9 Å². The van der Waals surface area contributed by atoms with Gasteiger partial charge in [-0.05, 0) is 37.5 Å². The highest BCUT2D eigenvalue weighted by Gasteiger charge is 2.21. The van der Waals surface area contributed by atoms with E-state index in [1.165, 1.54) is 12.1 Å². The lowest BCUT2D eigenvalue weighted by molar-refractivity contribution is 0.232. The van der Waals surface area contributed by atoms with Crippen LogP contribution in [0.4, 0.5) is 9.18 Å². The Kier molecular flexibility index (Phi) is 6.62. The molecule has 21 heavy (non-hydrogen) atoms. The van der Waals surface area contributed by atoms with Gasteiger partial charge in [-0.25, -0.2) is 9.18 Å². The van der Waals surface area contributed by atoms with E-state index in [9.17, 15) is 9.18 Å². The highest BCUT2D eigenvalue weighted by Crippen LogP contribution is 2.22. The summed E-state index contributed by atoms with van der Waals surface area (Å²) in [6.45, 7) is 6.48. The number of nitrogens with one attached hydrogen (secondary N) is 2. The zero-order valence-corrected chi connectivity index (χ0v) is 12.9. The van der Waals surface area contributed by atoms with Gasteiger partial charge < -0.3 is 15.7 Å². The van der Waals surface area contributed by atoms with E-state index in [0.717, 1.165) is 12.0 Å². The van der Waals surface area contributed by atoms with E-state index >= 15 is 0 Å². The van der Waals surface area contributed by atoms with Crippen molar-refractivity contribution in [3.63, 3.8) is 0 Å². The van der Waals surface area contributed by atoms with E-state index in [1.807, 2.05) is 20.8 Å². The quantitative estimate of drug-likeness (QED) is 0.724. The number of benzene rings is 1. The second-order valence-corrected chi connectivity index (χ2v) is 5.98. The van der Waals surface area contributed by atoms with Crippen molar-refractivity contribution < 1.29 is 14.3 Å². The summed E-state index contributed by atoms with van der Waals surface area (Å²) in [6, 6.07) is 6.11. The molecule has 0 heterocycles. The molecule has 1 unspecified atom stereocenters. The summed E-state index contributed by atoms with van der Waals surface area (Å²) in [5.74, 6) is -0.266. The number of carbonyl (C=O) groups is 1. The number of hydrogen-bond acceptors (Lipinski definition) is 2. The molecule has 3 N–H and O–H groups in total. The summed E-state index contributed by atoms with van der Waals surface area (Å²) in [5.41, 5.74) is 0.692. The predicted octanol–water partition coefficient (Wildman–Crippen LogP) is 2.56. The third-order valence-corrected chi connectivity index (χ3v) is 3.49. The first kappa shape index (κ1) is 17.4. The van der Waals surface area contributed by atoms with E-state index < -0.39 is 0 Å². The van der Waals surface area contributed by atoms with Gasteiger partial charge in [-0.2, -0.15) is 0 Å². The lowest BCUT2D eigenvalue weighted by atomic mass is 9.84. The number of urea groups is 1. The minimum absolute atomic E-state index is 0.0195. The smallest absolute Gasteiger partial charge is 0.315 e. The predicted molar refractivity (Wildman–Crippen MR) is 81.7 cm³/mol. The summed E-state index contributed by atoms with van der Waals surface area (Å²) in [4.78, 5) is 11.8. The van der Waals surface area contributed by atoms with Crippen LogP contribution in [0.25, 0.3) is 0 Å². The van der Waals surface area contributed by atoms with Gasteiger partial charge in [-0.1, -0.05) is 26.0 Å². The van der Waals surface area contributed by atoms with Gasteiger partial charge in [0.2, 0.25) is 0 Å². The monoisotopic (exact) mass is 296 g/mol. The van der Waals surface area contributed by atoms with Crippen molar-refractivity contribution in [1.82, 2.24) is 10.6 Å². The number of amides is 2. The maximum atomic E-state index is 12.9. The number of carbonyl (C=O) groups excluding carboxylic acids is 1. The molecule has 1 rings (SSSR count). The molecule has 1 aromatic carbocycles. The van der Waals surface area contributed by atoms with Crippen LogP contribution in [0.1, 0.15) is 39.2 Å². The first-order chi connectivity index (χ1) is 9.85. The molecular formula is C16H25FN2O2. The molecule has 0 saturated carbocycles. The van der Waals surface area contributed by atoms with Crippen LogP contribution in [0.3, 0.4) is 0 Å². The van der Waals surface area contributed by atoms with Crippen LogP contribution in [-0.4, -0.2) is 30.3 Å². The maximum Gasteiger partial charge on any atom is 0.315 e. The van der Waals surface area contributed by atoms with Gasteiger partial charge in [0.1, 0.15) is 5.82 Å². The lowest BCUT2D eigenvalue weighted by Crippen LogP contribution is -2.45. The van der Waals surface area contributed by atoms with Gasteiger partial charge in [-0.3, -0.25) is 0 Å². The number of rotatable bonds is 7. The van der Waals surface area contributed by atoms with Crippen LogP contribution >= 0.6 is 0 Å². The van der Waals surface area contributed by atoms with Crippen molar-refractivity contribution >= 4 is 6.03 Å². The Balaban J connectivity index is 2.45. The van der Waals surface area contributed by atoms with Crippen LogP contribution in [0.5, 0.6) is 0 Å². The molecule has 0 aliphatic carbocycles. The molecule has 4 nitrogen and oxygen atoms in total. The minimum atomic E-state index is -0.278. The summed E-state index contributed by atoms with van der Waals surface area (Å²) in [5, 5.41) is 14.4. The van der Waals surface area contributed by atoms with Crippen LogP contribution in [0.2, 0.25) is 0 Å². The Hall–Kier alpha value is -1.62. The first-order valence-electron chi connectivity index (χ1n) is 7.26. The largest absolute Gasteiger partial charge is 0.396 e. The van der Waals surface area contributed by atoms with E-state index in [2.05, 4.69) is 10.6 Å². The van der Waals surface area contributed by atoms with Crippen molar-refractivity contribution in [3.8, 4) is 0 Å². The Morgan fingerprint density at radius 2 is 1.95 bits per heavy atom. The second-order valence-electron chi connectivity index (χ2n) is 5.98. The van der Waals surface area contributed by atoms with Gasteiger partial charge in [0.15, 0.2) is 0 Å². The fourth-order valence-corrected chi connectivity index (χ4v) is 2.05. The first-order valence-corrected chi connectivity index (χ1v) is 7.26.